The van der Waals surface area contributed by atoms with Gasteiger partial charge in [-0.1, -0.05) is 48.7 Å². The monoisotopic (exact) mass is 252 g/mol. The fourth-order valence-corrected chi connectivity index (χ4v) is 2.85. The zero-order chi connectivity index (χ0) is 11.8. The van der Waals surface area contributed by atoms with Crippen molar-refractivity contribution in [1.82, 2.24) is 0 Å². The molecule has 0 amide bonds. The molecule has 0 aromatic heterocycles. The van der Waals surface area contributed by atoms with E-state index >= 15 is 0 Å². The molecule has 0 unspecified atom stereocenters. The Balaban J connectivity index is 2.21. The molecule has 0 saturated heterocycles. The largest absolute Gasteiger partial charge is 0.288 e. The summed E-state index contributed by atoms with van der Waals surface area (Å²) in [7, 11) is 0. The SMILES string of the molecule is C=Cc1ccc(CSCCSC(C)=O)cc1. The molecule has 86 valence electrons. The maximum atomic E-state index is 10.7. The van der Waals surface area contributed by atoms with Gasteiger partial charge in [0.1, 0.15) is 0 Å². The zero-order valence-electron chi connectivity index (χ0n) is 9.44. The number of benzene rings is 1. The molecule has 0 aliphatic carbocycles. The minimum absolute atomic E-state index is 0.205. The van der Waals surface area contributed by atoms with Crippen molar-refractivity contribution in [2.75, 3.05) is 11.5 Å². The quantitative estimate of drug-likeness (QED) is 0.716. The molecule has 1 aromatic carbocycles. The highest BCUT2D eigenvalue weighted by atomic mass is 32.2. The first-order valence-electron chi connectivity index (χ1n) is 5.15. The first-order chi connectivity index (χ1) is 7.72. The van der Waals surface area contributed by atoms with Gasteiger partial charge in [0.25, 0.3) is 0 Å². The first-order valence-corrected chi connectivity index (χ1v) is 7.29. The third kappa shape index (κ3) is 5.42. The van der Waals surface area contributed by atoms with Crippen molar-refractivity contribution in [3.63, 3.8) is 0 Å². The van der Waals surface area contributed by atoms with Crippen LogP contribution >= 0.6 is 23.5 Å². The molecule has 0 heterocycles. The van der Waals surface area contributed by atoms with E-state index in [9.17, 15) is 4.79 Å². The Hall–Kier alpha value is -0.670. The molecule has 3 heteroatoms. The van der Waals surface area contributed by atoms with Gasteiger partial charge in [0, 0.05) is 24.2 Å². The van der Waals surface area contributed by atoms with Gasteiger partial charge in [-0.25, -0.2) is 0 Å². The Morgan fingerprint density at radius 2 is 2.00 bits per heavy atom. The minimum Gasteiger partial charge on any atom is -0.288 e. The van der Waals surface area contributed by atoms with E-state index in [-0.39, 0.29) is 5.12 Å². The van der Waals surface area contributed by atoms with Gasteiger partial charge < -0.3 is 0 Å². The zero-order valence-corrected chi connectivity index (χ0v) is 11.1. The predicted octanol–water partition coefficient (Wildman–Crippen LogP) is 3.84. The normalized spacial score (nSPS) is 10.1. The fraction of sp³-hybridized carbons (Fsp3) is 0.308. The van der Waals surface area contributed by atoms with Gasteiger partial charge in [-0.15, -0.1) is 0 Å². The van der Waals surface area contributed by atoms with E-state index in [1.807, 2.05) is 17.8 Å². The van der Waals surface area contributed by atoms with Crippen LogP contribution in [0.15, 0.2) is 30.8 Å². The molecule has 0 spiro atoms. The first kappa shape index (κ1) is 13.4. The third-order valence-corrected chi connectivity index (χ3v) is 4.12. The molecule has 0 aliphatic heterocycles. The summed E-state index contributed by atoms with van der Waals surface area (Å²) in [6.45, 7) is 5.34. The summed E-state index contributed by atoms with van der Waals surface area (Å²) in [6, 6.07) is 8.41. The number of rotatable bonds is 6. The molecular formula is C13H16OS2. The van der Waals surface area contributed by atoms with Crippen LogP contribution in [0.2, 0.25) is 0 Å². The summed E-state index contributed by atoms with van der Waals surface area (Å²) in [5.41, 5.74) is 2.48. The summed E-state index contributed by atoms with van der Waals surface area (Å²) in [4.78, 5) is 10.7. The molecule has 0 fully saturated rings. The van der Waals surface area contributed by atoms with Crippen molar-refractivity contribution in [1.29, 1.82) is 0 Å². The minimum atomic E-state index is 0.205. The van der Waals surface area contributed by atoms with E-state index in [0.29, 0.717) is 0 Å². The number of hydrogen-bond acceptors (Lipinski definition) is 3. The lowest BCUT2D eigenvalue weighted by molar-refractivity contribution is -0.109. The number of hydrogen-bond donors (Lipinski definition) is 0. The van der Waals surface area contributed by atoms with Crippen LogP contribution in [0, 0.1) is 0 Å². The second-order valence-corrected chi connectivity index (χ2v) is 5.72. The van der Waals surface area contributed by atoms with Crippen molar-refractivity contribution in [2.24, 2.45) is 0 Å². The van der Waals surface area contributed by atoms with E-state index in [4.69, 9.17) is 0 Å². The van der Waals surface area contributed by atoms with Crippen molar-refractivity contribution in [2.45, 2.75) is 12.7 Å². The molecule has 0 radical (unpaired) electrons. The lowest BCUT2D eigenvalue weighted by atomic mass is 10.1. The Morgan fingerprint density at radius 1 is 1.31 bits per heavy atom. The Kier molecular flexibility index (Phi) is 6.34. The van der Waals surface area contributed by atoms with Gasteiger partial charge in [0.15, 0.2) is 5.12 Å². The van der Waals surface area contributed by atoms with Crippen molar-refractivity contribution < 1.29 is 4.79 Å². The molecule has 0 atom stereocenters. The molecular weight excluding hydrogens is 236 g/mol. The van der Waals surface area contributed by atoms with Crippen LogP contribution in [0.25, 0.3) is 6.08 Å². The van der Waals surface area contributed by atoms with Crippen LogP contribution in [-0.4, -0.2) is 16.6 Å². The number of thioether (sulfide) groups is 2. The van der Waals surface area contributed by atoms with Crippen molar-refractivity contribution >= 4 is 34.7 Å². The van der Waals surface area contributed by atoms with Crippen LogP contribution in [0.3, 0.4) is 0 Å². The van der Waals surface area contributed by atoms with Gasteiger partial charge in [-0.3, -0.25) is 4.79 Å². The van der Waals surface area contributed by atoms with E-state index in [1.165, 1.54) is 17.3 Å². The van der Waals surface area contributed by atoms with Crippen LogP contribution in [-0.2, 0) is 10.5 Å². The Labute approximate surface area is 106 Å². The van der Waals surface area contributed by atoms with Crippen LogP contribution < -0.4 is 0 Å². The van der Waals surface area contributed by atoms with Gasteiger partial charge >= 0.3 is 0 Å². The smallest absolute Gasteiger partial charge is 0.185 e. The lowest BCUT2D eigenvalue weighted by Gasteiger charge is -2.01. The third-order valence-electron chi connectivity index (χ3n) is 2.02. The Bertz CT molecular complexity index is 343. The standard InChI is InChI=1S/C13H16OS2/c1-3-12-4-6-13(7-5-12)10-15-8-9-16-11(2)14/h3-7H,1,8-10H2,2H3. The molecule has 1 aromatic rings. The fourth-order valence-electron chi connectivity index (χ4n) is 1.18. The average Bonchev–Trinajstić information content (AvgIpc) is 2.29. The van der Waals surface area contributed by atoms with Crippen LogP contribution in [0.5, 0.6) is 0 Å². The maximum Gasteiger partial charge on any atom is 0.185 e. The van der Waals surface area contributed by atoms with Gasteiger partial charge in [-0.05, 0) is 11.1 Å². The lowest BCUT2D eigenvalue weighted by Crippen LogP contribution is -1.90. The highest BCUT2D eigenvalue weighted by molar-refractivity contribution is 8.14. The summed E-state index contributed by atoms with van der Waals surface area (Å²) >= 11 is 3.26. The maximum absolute atomic E-state index is 10.7. The molecule has 1 rings (SSSR count). The summed E-state index contributed by atoms with van der Waals surface area (Å²) in [6.07, 6.45) is 1.85. The predicted molar refractivity (Wildman–Crippen MR) is 75.8 cm³/mol. The highest BCUT2D eigenvalue weighted by Gasteiger charge is 1.96. The number of carbonyl (C=O) groups is 1. The van der Waals surface area contributed by atoms with Gasteiger partial charge in [-0.2, -0.15) is 11.8 Å². The summed E-state index contributed by atoms with van der Waals surface area (Å²) < 4.78 is 0. The van der Waals surface area contributed by atoms with E-state index in [1.54, 1.807) is 6.92 Å². The second-order valence-electron chi connectivity index (χ2n) is 3.34. The Morgan fingerprint density at radius 3 is 2.56 bits per heavy atom. The van der Waals surface area contributed by atoms with Gasteiger partial charge in [0.05, 0.1) is 0 Å². The van der Waals surface area contributed by atoms with E-state index in [2.05, 4.69) is 30.8 Å². The molecule has 0 bridgehead atoms. The topological polar surface area (TPSA) is 17.1 Å². The van der Waals surface area contributed by atoms with Crippen LogP contribution in [0.1, 0.15) is 18.1 Å². The molecule has 16 heavy (non-hydrogen) atoms. The molecule has 0 saturated carbocycles. The summed E-state index contributed by atoms with van der Waals surface area (Å²) in [5.74, 6) is 2.94. The van der Waals surface area contributed by atoms with Crippen molar-refractivity contribution in [3.05, 3.63) is 42.0 Å². The van der Waals surface area contributed by atoms with Crippen LogP contribution in [0.4, 0.5) is 0 Å². The number of carbonyl (C=O) groups excluding carboxylic acids is 1. The van der Waals surface area contributed by atoms with Gasteiger partial charge in [0.2, 0.25) is 0 Å². The average molecular weight is 252 g/mol. The molecule has 1 nitrogen and oxygen atoms in total. The van der Waals surface area contributed by atoms with E-state index in [0.717, 1.165) is 22.8 Å². The molecule has 0 aliphatic rings. The molecule has 0 N–H and O–H groups in total. The van der Waals surface area contributed by atoms with E-state index < -0.39 is 0 Å². The van der Waals surface area contributed by atoms with Crippen molar-refractivity contribution in [3.8, 4) is 0 Å². The highest BCUT2D eigenvalue weighted by Crippen LogP contribution is 2.15. The second kappa shape index (κ2) is 7.58. The summed E-state index contributed by atoms with van der Waals surface area (Å²) in [5, 5.41) is 0.205.